The van der Waals surface area contributed by atoms with Crippen LogP contribution in [0.2, 0.25) is 0 Å². The second-order valence-electron chi connectivity index (χ2n) is 14.9. The maximum atomic E-state index is 3.70. The molecule has 0 amide bonds. The van der Waals surface area contributed by atoms with Crippen molar-refractivity contribution in [1.82, 2.24) is 14.1 Å². The molecule has 0 aliphatic heterocycles. The van der Waals surface area contributed by atoms with E-state index in [2.05, 4.69) is 198 Å². The Morgan fingerprint density at radius 3 is 1.20 bits per heavy atom. The Balaban J connectivity index is 1.03. The van der Waals surface area contributed by atoms with Gasteiger partial charge in [-0.25, -0.2) is 0 Å². The van der Waals surface area contributed by atoms with E-state index in [1.165, 1.54) is 99.1 Å². The van der Waals surface area contributed by atoms with Crippen molar-refractivity contribution >= 4 is 65.4 Å². The Morgan fingerprint density at radius 2 is 0.745 bits per heavy atom. The van der Waals surface area contributed by atoms with Crippen molar-refractivity contribution in [3.63, 3.8) is 0 Å². The zero-order valence-electron chi connectivity index (χ0n) is 31.0. The van der Waals surface area contributed by atoms with Gasteiger partial charge < -0.3 is 14.1 Å². The van der Waals surface area contributed by atoms with Crippen LogP contribution in [-0.4, -0.2) is 14.1 Å². The molecule has 0 radical (unpaired) electrons. The molecule has 0 saturated heterocycles. The smallest absolute Gasteiger partial charge is 0.0541 e. The van der Waals surface area contributed by atoms with Gasteiger partial charge in [0.05, 0.1) is 22.1 Å². The molecule has 11 aromatic rings. The molecule has 3 heterocycles. The first-order valence-corrected chi connectivity index (χ1v) is 19.5. The summed E-state index contributed by atoms with van der Waals surface area (Å²) in [4.78, 5) is 3.70. The first-order chi connectivity index (χ1) is 27.1. The average molecular weight is 706 g/mol. The van der Waals surface area contributed by atoms with Crippen molar-refractivity contribution < 1.29 is 0 Å². The maximum absolute atomic E-state index is 3.70. The topological polar surface area (TPSA) is 25.6 Å². The number of rotatable bonds is 6. The summed E-state index contributed by atoms with van der Waals surface area (Å²) in [6.07, 6.45) is 2.03. The molecule has 3 nitrogen and oxygen atoms in total. The van der Waals surface area contributed by atoms with Gasteiger partial charge in [0.1, 0.15) is 0 Å². The molecule has 1 N–H and O–H groups in total. The van der Waals surface area contributed by atoms with Crippen LogP contribution in [0.25, 0.3) is 99.0 Å². The molecular weight excluding hydrogens is 667 g/mol. The van der Waals surface area contributed by atoms with Crippen LogP contribution in [0.3, 0.4) is 0 Å². The molecule has 3 heteroatoms. The van der Waals surface area contributed by atoms with E-state index in [0.717, 1.165) is 23.9 Å². The van der Waals surface area contributed by atoms with Crippen molar-refractivity contribution in [3.8, 4) is 33.6 Å². The summed E-state index contributed by atoms with van der Waals surface area (Å²) in [5, 5.41) is 7.56. The van der Waals surface area contributed by atoms with Crippen molar-refractivity contribution in [2.45, 2.75) is 26.7 Å². The average Bonchev–Trinajstić information content (AvgIpc) is 3.90. The Hall–Kier alpha value is -6.84. The highest BCUT2D eigenvalue weighted by Gasteiger charge is 2.16. The lowest BCUT2D eigenvalue weighted by molar-refractivity contribution is 1.11. The quantitative estimate of drug-likeness (QED) is 0.178. The zero-order chi connectivity index (χ0) is 36.6. The molecule has 262 valence electrons. The monoisotopic (exact) mass is 705 g/mol. The number of H-pyrrole nitrogens is 1. The number of hydrogen-bond acceptors (Lipinski definition) is 0. The Labute approximate surface area is 319 Å². The molecule has 0 bridgehead atoms. The minimum absolute atomic E-state index is 1.02. The summed E-state index contributed by atoms with van der Waals surface area (Å²) in [5.74, 6) is 0. The van der Waals surface area contributed by atoms with Crippen LogP contribution in [-0.2, 0) is 12.8 Å². The predicted octanol–water partition coefficient (Wildman–Crippen LogP) is 14.0. The number of aromatic amines is 1. The normalized spacial score (nSPS) is 12.0. The van der Waals surface area contributed by atoms with E-state index in [1.807, 2.05) is 0 Å². The SMILES string of the molecule is CCc1cccc(-n2c3ccccc3c3cc(-c4ccc5[nH]c6ccc(-c7ccc8c(c7)c7ccccc7n8-c7cccc(CC)c7)cc6c5c4)ccc32)c1. The van der Waals surface area contributed by atoms with E-state index < -0.39 is 0 Å². The van der Waals surface area contributed by atoms with Crippen LogP contribution in [0, 0.1) is 0 Å². The third kappa shape index (κ3) is 4.97. The van der Waals surface area contributed by atoms with Gasteiger partial charge in [0, 0.05) is 54.7 Å². The number of fused-ring (bicyclic) bond motifs is 9. The van der Waals surface area contributed by atoms with Gasteiger partial charge in [-0.1, -0.05) is 98.8 Å². The zero-order valence-corrected chi connectivity index (χ0v) is 31.0. The summed E-state index contributed by atoms with van der Waals surface area (Å²) in [7, 11) is 0. The summed E-state index contributed by atoms with van der Waals surface area (Å²) >= 11 is 0. The third-order valence-electron chi connectivity index (χ3n) is 11.8. The van der Waals surface area contributed by atoms with Crippen LogP contribution >= 0.6 is 0 Å². The number of aromatic nitrogens is 3. The Morgan fingerprint density at radius 1 is 0.345 bits per heavy atom. The number of para-hydroxylation sites is 2. The number of benzene rings is 8. The molecule has 0 aliphatic carbocycles. The minimum Gasteiger partial charge on any atom is -0.355 e. The van der Waals surface area contributed by atoms with Gasteiger partial charge in [-0.05, 0) is 131 Å². The van der Waals surface area contributed by atoms with Crippen LogP contribution in [0.4, 0.5) is 0 Å². The highest BCUT2D eigenvalue weighted by molar-refractivity contribution is 6.13. The van der Waals surface area contributed by atoms with E-state index in [-0.39, 0.29) is 0 Å². The molecule has 0 saturated carbocycles. The first kappa shape index (κ1) is 31.7. The van der Waals surface area contributed by atoms with Crippen LogP contribution in [0.5, 0.6) is 0 Å². The maximum Gasteiger partial charge on any atom is 0.0541 e. The lowest BCUT2D eigenvalue weighted by Crippen LogP contribution is -1.95. The molecule has 8 aromatic carbocycles. The van der Waals surface area contributed by atoms with Crippen molar-refractivity contribution in [2.75, 3.05) is 0 Å². The highest BCUT2D eigenvalue weighted by Crippen LogP contribution is 2.39. The largest absolute Gasteiger partial charge is 0.355 e. The van der Waals surface area contributed by atoms with E-state index in [1.54, 1.807) is 0 Å². The van der Waals surface area contributed by atoms with E-state index in [4.69, 9.17) is 0 Å². The fourth-order valence-corrected chi connectivity index (χ4v) is 8.95. The Bertz CT molecular complexity index is 3080. The second kappa shape index (κ2) is 12.4. The van der Waals surface area contributed by atoms with Gasteiger partial charge in [0.25, 0.3) is 0 Å². The van der Waals surface area contributed by atoms with Crippen LogP contribution in [0.15, 0.2) is 170 Å². The molecule has 0 unspecified atom stereocenters. The van der Waals surface area contributed by atoms with Gasteiger partial charge in [-0.2, -0.15) is 0 Å². The first-order valence-electron chi connectivity index (χ1n) is 19.5. The van der Waals surface area contributed by atoms with Gasteiger partial charge >= 0.3 is 0 Å². The van der Waals surface area contributed by atoms with Crippen molar-refractivity contribution in [1.29, 1.82) is 0 Å². The van der Waals surface area contributed by atoms with Crippen molar-refractivity contribution in [3.05, 3.63) is 181 Å². The fourth-order valence-electron chi connectivity index (χ4n) is 8.95. The van der Waals surface area contributed by atoms with E-state index >= 15 is 0 Å². The lowest BCUT2D eigenvalue weighted by Gasteiger charge is -2.10. The Kier molecular flexibility index (Phi) is 7.12. The van der Waals surface area contributed by atoms with Crippen LogP contribution in [0.1, 0.15) is 25.0 Å². The second-order valence-corrected chi connectivity index (χ2v) is 14.9. The standard InChI is InChI=1S/C52H39N3/c1-3-33-11-9-13-39(27-33)54-49-17-7-5-15-41(49)45-31-37(21-25-51(45)54)35-19-23-47-43(29-35)44-30-36(20-24-48(44)53-47)38-22-26-52-46(32-38)42-16-6-8-18-50(42)55(52)40-14-10-12-34(4-2)28-40/h5-32,53H,3-4H2,1-2H3. The summed E-state index contributed by atoms with van der Waals surface area (Å²) in [6.45, 7) is 4.44. The molecule has 0 aliphatic rings. The molecule has 0 atom stereocenters. The molecule has 11 rings (SSSR count). The number of hydrogen-bond donors (Lipinski definition) is 1. The third-order valence-corrected chi connectivity index (χ3v) is 11.8. The minimum atomic E-state index is 1.02. The summed E-state index contributed by atoms with van der Waals surface area (Å²) in [6, 6.07) is 63.1. The van der Waals surface area contributed by atoms with Gasteiger partial charge in [-0.3, -0.25) is 0 Å². The predicted molar refractivity (Wildman–Crippen MR) is 234 cm³/mol. The van der Waals surface area contributed by atoms with E-state index in [0.29, 0.717) is 0 Å². The summed E-state index contributed by atoms with van der Waals surface area (Å²) in [5.41, 5.74) is 17.2. The van der Waals surface area contributed by atoms with Crippen molar-refractivity contribution in [2.24, 2.45) is 0 Å². The number of nitrogens with zero attached hydrogens (tertiary/aromatic N) is 2. The highest BCUT2D eigenvalue weighted by atomic mass is 15.0. The number of nitrogens with one attached hydrogen (secondary N) is 1. The van der Waals surface area contributed by atoms with E-state index in [9.17, 15) is 0 Å². The molecule has 0 spiro atoms. The van der Waals surface area contributed by atoms with Gasteiger partial charge in [0.15, 0.2) is 0 Å². The molecule has 3 aromatic heterocycles. The van der Waals surface area contributed by atoms with Crippen LogP contribution < -0.4 is 0 Å². The van der Waals surface area contributed by atoms with Gasteiger partial charge in [0.2, 0.25) is 0 Å². The summed E-state index contributed by atoms with van der Waals surface area (Å²) < 4.78 is 4.83. The molecular formula is C52H39N3. The molecule has 0 fully saturated rings. The molecule has 55 heavy (non-hydrogen) atoms. The fraction of sp³-hybridized carbons (Fsp3) is 0.0769. The lowest BCUT2D eigenvalue weighted by atomic mass is 9.98. The number of aryl methyl sites for hydroxylation is 2. The van der Waals surface area contributed by atoms with Gasteiger partial charge in [-0.15, -0.1) is 0 Å².